The molecular formula is C15H19N3OS2. The Labute approximate surface area is 132 Å². The minimum atomic E-state index is 0.110. The van der Waals surface area contributed by atoms with Gasteiger partial charge in [0, 0.05) is 20.8 Å². The van der Waals surface area contributed by atoms with E-state index in [1.807, 2.05) is 29.3 Å². The topological polar surface area (TPSA) is 39.1 Å². The highest BCUT2D eigenvalue weighted by Gasteiger charge is 2.24. The maximum atomic E-state index is 5.52. The molecule has 0 amide bonds. The fourth-order valence-electron chi connectivity index (χ4n) is 2.56. The van der Waals surface area contributed by atoms with Gasteiger partial charge in [-0.2, -0.15) is 5.10 Å². The Bertz CT molecular complexity index is 700. The number of aryl methyl sites for hydroxylation is 1. The van der Waals surface area contributed by atoms with Gasteiger partial charge in [-0.15, -0.1) is 22.7 Å². The Hall–Kier alpha value is -1.37. The van der Waals surface area contributed by atoms with E-state index in [1.165, 1.54) is 14.3 Å². The highest BCUT2D eigenvalue weighted by Crippen LogP contribution is 2.38. The van der Waals surface area contributed by atoms with Crippen LogP contribution in [-0.4, -0.2) is 23.9 Å². The van der Waals surface area contributed by atoms with E-state index in [1.54, 1.807) is 18.4 Å². The lowest BCUT2D eigenvalue weighted by Gasteiger charge is -2.18. The molecule has 0 aromatic carbocycles. The van der Waals surface area contributed by atoms with Gasteiger partial charge in [-0.1, -0.05) is 6.92 Å². The second-order valence-corrected chi connectivity index (χ2v) is 6.90. The van der Waals surface area contributed by atoms with Crippen molar-refractivity contribution >= 4 is 32.1 Å². The third-order valence-electron chi connectivity index (χ3n) is 3.51. The van der Waals surface area contributed by atoms with Crippen molar-refractivity contribution < 1.29 is 4.74 Å². The number of rotatable bonds is 6. The largest absolute Gasteiger partial charge is 0.493 e. The van der Waals surface area contributed by atoms with Crippen LogP contribution < -0.4 is 10.1 Å². The first-order valence-corrected chi connectivity index (χ1v) is 8.72. The monoisotopic (exact) mass is 321 g/mol. The Morgan fingerprint density at radius 2 is 2.29 bits per heavy atom. The van der Waals surface area contributed by atoms with Gasteiger partial charge in [-0.05, 0) is 31.0 Å². The third kappa shape index (κ3) is 2.59. The molecule has 3 heterocycles. The molecule has 1 unspecified atom stereocenters. The van der Waals surface area contributed by atoms with E-state index in [-0.39, 0.29) is 6.04 Å². The van der Waals surface area contributed by atoms with Crippen molar-refractivity contribution in [2.45, 2.75) is 25.9 Å². The SMILES string of the molecule is CCCn1ncc(OC)c1C(NC)c1cc2sccc2s1. The van der Waals surface area contributed by atoms with Crippen LogP contribution >= 0.6 is 22.7 Å². The summed E-state index contributed by atoms with van der Waals surface area (Å²) in [5.41, 5.74) is 1.11. The molecule has 3 rings (SSSR count). The maximum absolute atomic E-state index is 5.52. The molecule has 0 fully saturated rings. The molecule has 0 spiro atoms. The Balaban J connectivity index is 2.06. The maximum Gasteiger partial charge on any atom is 0.161 e. The van der Waals surface area contributed by atoms with E-state index >= 15 is 0 Å². The van der Waals surface area contributed by atoms with Crippen molar-refractivity contribution in [2.75, 3.05) is 14.2 Å². The van der Waals surface area contributed by atoms with Crippen LogP contribution in [0.3, 0.4) is 0 Å². The van der Waals surface area contributed by atoms with Gasteiger partial charge >= 0.3 is 0 Å². The summed E-state index contributed by atoms with van der Waals surface area (Å²) in [7, 11) is 3.69. The molecule has 0 saturated heterocycles. The molecule has 1 atom stereocenters. The number of nitrogens with one attached hydrogen (secondary N) is 1. The van der Waals surface area contributed by atoms with E-state index in [9.17, 15) is 0 Å². The molecule has 112 valence electrons. The molecule has 0 bridgehead atoms. The molecule has 0 radical (unpaired) electrons. The molecule has 0 aliphatic carbocycles. The number of ether oxygens (including phenoxy) is 1. The van der Waals surface area contributed by atoms with Gasteiger partial charge in [-0.3, -0.25) is 4.68 Å². The van der Waals surface area contributed by atoms with Crippen LogP contribution in [0.4, 0.5) is 0 Å². The van der Waals surface area contributed by atoms with Crippen molar-refractivity contribution in [3.8, 4) is 5.75 Å². The van der Waals surface area contributed by atoms with E-state index in [0.29, 0.717) is 0 Å². The lowest BCUT2D eigenvalue weighted by atomic mass is 10.1. The summed E-state index contributed by atoms with van der Waals surface area (Å²) >= 11 is 3.62. The fourth-order valence-corrected chi connectivity index (χ4v) is 4.79. The first-order chi connectivity index (χ1) is 10.3. The summed E-state index contributed by atoms with van der Waals surface area (Å²) in [4.78, 5) is 1.30. The van der Waals surface area contributed by atoms with Crippen molar-refractivity contribution in [1.82, 2.24) is 15.1 Å². The molecule has 1 N–H and O–H groups in total. The van der Waals surface area contributed by atoms with E-state index in [4.69, 9.17) is 4.74 Å². The summed E-state index contributed by atoms with van der Waals surface area (Å²) in [6.07, 6.45) is 2.86. The zero-order valence-corrected chi connectivity index (χ0v) is 14.1. The lowest BCUT2D eigenvalue weighted by molar-refractivity contribution is 0.400. The van der Waals surface area contributed by atoms with Gasteiger partial charge in [0.15, 0.2) is 5.75 Å². The molecule has 3 aromatic heterocycles. The summed E-state index contributed by atoms with van der Waals surface area (Å²) < 4.78 is 10.3. The molecule has 0 saturated carbocycles. The standard InChI is InChI=1S/C15H19N3OS2/c1-4-6-18-15(10(19-3)9-17-18)14(16-2)13-8-12-11(21-13)5-7-20-12/h5,7-9,14,16H,4,6H2,1-3H3. The smallest absolute Gasteiger partial charge is 0.161 e. The van der Waals surface area contributed by atoms with Crippen LogP contribution in [-0.2, 0) is 6.54 Å². The predicted octanol–water partition coefficient (Wildman–Crippen LogP) is 3.89. The van der Waals surface area contributed by atoms with Gasteiger partial charge in [0.05, 0.1) is 19.3 Å². The van der Waals surface area contributed by atoms with E-state index < -0.39 is 0 Å². The molecule has 4 nitrogen and oxygen atoms in total. The second-order valence-electron chi connectivity index (χ2n) is 4.84. The molecule has 0 aliphatic rings. The van der Waals surface area contributed by atoms with Crippen molar-refractivity contribution in [3.05, 3.63) is 34.3 Å². The van der Waals surface area contributed by atoms with Gasteiger partial charge in [-0.25, -0.2) is 0 Å². The quantitative estimate of drug-likeness (QED) is 0.749. The van der Waals surface area contributed by atoms with Crippen molar-refractivity contribution in [2.24, 2.45) is 0 Å². The minimum absolute atomic E-state index is 0.110. The average molecular weight is 321 g/mol. The van der Waals surface area contributed by atoms with Crippen LogP contribution in [0.1, 0.15) is 30.0 Å². The normalized spacial score (nSPS) is 12.9. The van der Waals surface area contributed by atoms with Crippen LogP contribution in [0.25, 0.3) is 9.40 Å². The van der Waals surface area contributed by atoms with Gasteiger partial charge in [0.1, 0.15) is 5.69 Å². The fraction of sp³-hybridized carbons (Fsp3) is 0.400. The number of aromatic nitrogens is 2. The summed E-state index contributed by atoms with van der Waals surface area (Å²) in [6.45, 7) is 3.06. The molecule has 6 heteroatoms. The third-order valence-corrected chi connectivity index (χ3v) is 5.66. The number of hydrogen-bond acceptors (Lipinski definition) is 5. The first kappa shape index (κ1) is 14.6. The highest BCUT2D eigenvalue weighted by atomic mass is 32.1. The van der Waals surface area contributed by atoms with E-state index in [0.717, 1.165) is 24.4 Å². The molecule has 3 aromatic rings. The number of thiophene rings is 2. The zero-order chi connectivity index (χ0) is 14.8. The predicted molar refractivity (Wildman–Crippen MR) is 89.7 cm³/mol. The number of fused-ring (bicyclic) bond motifs is 1. The summed E-state index contributed by atoms with van der Waals surface area (Å²) in [5.74, 6) is 0.847. The molecule has 0 aliphatic heterocycles. The van der Waals surface area contributed by atoms with Crippen LogP contribution in [0.15, 0.2) is 23.7 Å². The molecular weight excluding hydrogens is 302 g/mol. The first-order valence-electron chi connectivity index (χ1n) is 7.02. The number of hydrogen-bond donors (Lipinski definition) is 1. The van der Waals surface area contributed by atoms with Crippen LogP contribution in [0, 0.1) is 0 Å². The average Bonchev–Trinajstić information content (AvgIpc) is 3.15. The van der Waals surface area contributed by atoms with Crippen molar-refractivity contribution in [1.29, 1.82) is 0 Å². The highest BCUT2D eigenvalue weighted by molar-refractivity contribution is 7.27. The number of methoxy groups -OCH3 is 1. The summed E-state index contributed by atoms with van der Waals surface area (Å²) in [6, 6.07) is 4.56. The van der Waals surface area contributed by atoms with E-state index in [2.05, 4.69) is 34.9 Å². The lowest BCUT2D eigenvalue weighted by Crippen LogP contribution is -2.21. The second kappa shape index (κ2) is 6.17. The molecule has 21 heavy (non-hydrogen) atoms. The van der Waals surface area contributed by atoms with Crippen LogP contribution in [0.5, 0.6) is 5.75 Å². The Morgan fingerprint density at radius 3 is 2.95 bits per heavy atom. The van der Waals surface area contributed by atoms with Gasteiger partial charge in [0.2, 0.25) is 0 Å². The van der Waals surface area contributed by atoms with Crippen LogP contribution in [0.2, 0.25) is 0 Å². The Morgan fingerprint density at radius 1 is 1.43 bits per heavy atom. The van der Waals surface area contributed by atoms with Crippen molar-refractivity contribution in [3.63, 3.8) is 0 Å². The van der Waals surface area contributed by atoms with Gasteiger partial charge < -0.3 is 10.1 Å². The zero-order valence-electron chi connectivity index (χ0n) is 12.4. The number of nitrogens with zero attached hydrogens (tertiary/aromatic N) is 2. The van der Waals surface area contributed by atoms with Gasteiger partial charge in [0.25, 0.3) is 0 Å². The Kier molecular flexibility index (Phi) is 4.28. The minimum Gasteiger partial charge on any atom is -0.493 e. The summed E-state index contributed by atoms with van der Waals surface area (Å²) in [5, 5.41) is 10.0.